The summed E-state index contributed by atoms with van der Waals surface area (Å²) in [5.41, 5.74) is 2.71. The van der Waals surface area contributed by atoms with Gasteiger partial charge in [-0.25, -0.2) is 0 Å². The molecule has 2 atom stereocenters. The Morgan fingerprint density at radius 2 is 1.94 bits per heavy atom. The normalized spacial score (nSPS) is 25.2. The molecule has 2 rings (SSSR count). The first-order chi connectivity index (χ1) is 8.15. The summed E-state index contributed by atoms with van der Waals surface area (Å²) >= 11 is 0. The third-order valence-corrected chi connectivity index (χ3v) is 3.15. The summed E-state index contributed by atoms with van der Waals surface area (Å²) < 4.78 is 5.93. The van der Waals surface area contributed by atoms with Crippen LogP contribution in [0.1, 0.15) is 38.0 Å². The predicted molar refractivity (Wildman–Crippen MR) is 71.1 cm³/mol. The molecule has 2 unspecified atom stereocenters. The Kier molecular flexibility index (Phi) is 4.19. The molecular weight excluding hydrogens is 210 g/mol. The second kappa shape index (κ2) is 5.65. The molecule has 0 radical (unpaired) electrons. The van der Waals surface area contributed by atoms with Crippen LogP contribution in [0, 0.1) is 5.92 Å². The fourth-order valence-corrected chi connectivity index (χ4v) is 2.33. The van der Waals surface area contributed by atoms with Crippen LogP contribution in [0.4, 0.5) is 0 Å². The van der Waals surface area contributed by atoms with Crippen molar-refractivity contribution in [3.63, 3.8) is 0 Å². The Hall–Kier alpha value is -0.860. The second-order valence-electron chi connectivity index (χ2n) is 5.43. The third-order valence-electron chi connectivity index (χ3n) is 3.15. The molecule has 2 heteroatoms. The molecule has 0 aromatic heterocycles. The zero-order valence-electron chi connectivity index (χ0n) is 11.1. The minimum atomic E-state index is 0.215. The topological polar surface area (TPSA) is 21.3 Å². The molecule has 94 valence electrons. The highest BCUT2D eigenvalue weighted by atomic mass is 16.5. The van der Waals surface area contributed by atoms with Crippen molar-refractivity contribution in [2.75, 3.05) is 13.1 Å². The molecule has 1 aromatic rings. The SMILES string of the molecule is CC(C)Cc1ccc(C2CNCC(C)O2)cc1. The van der Waals surface area contributed by atoms with Gasteiger partial charge in [-0.1, -0.05) is 38.1 Å². The van der Waals surface area contributed by atoms with Crippen molar-refractivity contribution in [1.82, 2.24) is 5.32 Å². The molecule has 1 heterocycles. The van der Waals surface area contributed by atoms with Gasteiger partial charge in [-0.15, -0.1) is 0 Å². The Balaban J connectivity index is 2.01. The Morgan fingerprint density at radius 3 is 2.53 bits per heavy atom. The van der Waals surface area contributed by atoms with E-state index in [1.165, 1.54) is 11.1 Å². The number of rotatable bonds is 3. The first-order valence-electron chi connectivity index (χ1n) is 6.60. The van der Waals surface area contributed by atoms with E-state index in [4.69, 9.17) is 4.74 Å². The standard InChI is InChI=1S/C15H23NO/c1-11(2)8-13-4-6-14(7-5-13)15-10-16-9-12(3)17-15/h4-7,11-12,15-16H,8-10H2,1-3H3. The number of hydrogen-bond acceptors (Lipinski definition) is 2. The van der Waals surface area contributed by atoms with Gasteiger partial charge in [0.25, 0.3) is 0 Å². The van der Waals surface area contributed by atoms with Crippen LogP contribution in [0.15, 0.2) is 24.3 Å². The van der Waals surface area contributed by atoms with E-state index in [9.17, 15) is 0 Å². The van der Waals surface area contributed by atoms with E-state index in [1.807, 2.05) is 0 Å². The van der Waals surface area contributed by atoms with E-state index in [-0.39, 0.29) is 6.10 Å². The van der Waals surface area contributed by atoms with E-state index in [1.54, 1.807) is 0 Å². The van der Waals surface area contributed by atoms with Crippen LogP contribution in [0.3, 0.4) is 0 Å². The molecule has 1 aromatic carbocycles. The first-order valence-corrected chi connectivity index (χ1v) is 6.60. The molecule has 0 amide bonds. The Labute approximate surface area is 104 Å². The number of hydrogen-bond donors (Lipinski definition) is 1. The van der Waals surface area contributed by atoms with Crippen LogP contribution < -0.4 is 5.32 Å². The van der Waals surface area contributed by atoms with Gasteiger partial charge in [-0.2, -0.15) is 0 Å². The van der Waals surface area contributed by atoms with Crippen LogP contribution in [0.5, 0.6) is 0 Å². The molecule has 1 fully saturated rings. The average Bonchev–Trinajstić information content (AvgIpc) is 2.29. The van der Waals surface area contributed by atoms with Crippen molar-refractivity contribution >= 4 is 0 Å². The van der Waals surface area contributed by atoms with Gasteiger partial charge in [-0.3, -0.25) is 0 Å². The zero-order chi connectivity index (χ0) is 12.3. The smallest absolute Gasteiger partial charge is 0.0953 e. The van der Waals surface area contributed by atoms with Crippen molar-refractivity contribution < 1.29 is 4.74 Å². The maximum absolute atomic E-state index is 5.93. The molecule has 1 aliphatic heterocycles. The van der Waals surface area contributed by atoms with Gasteiger partial charge in [0.1, 0.15) is 0 Å². The molecule has 17 heavy (non-hydrogen) atoms. The van der Waals surface area contributed by atoms with Crippen molar-refractivity contribution in [3.8, 4) is 0 Å². The van der Waals surface area contributed by atoms with Gasteiger partial charge in [0, 0.05) is 13.1 Å². The highest BCUT2D eigenvalue weighted by molar-refractivity contribution is 5.25. The van der Waals surface area contributed by atoms with Gasteiger partial charge in [0.15, 0.2) is 0 Å². The fraction of sp³-hybridized carbons (Fsp3) is 0.600. The number of benzene rings is 1. The lowest BCUT2D eigenvalue weighted by atomic mass is 10.00. The van der Waals surface area contributed by atoms with Gasteiger partial charge in [0.05, 0.1) is 12.2 Å². The summed E-state index contributed by atoms with van der Waals surface area (Å²) in [5, 5.41) is 3.40. The minimum Gasteiger partial charge on any atom is -0.368 e. The quantitative estimate of drug-likeness (QED) is 0.866. The molecule has 0 aliphatic carbocycles. The number of morpholine rings is 1. The van der Waals surface area contributed by atoms with Crippen LogP contribution in [-0.4, -0.2) is 19.2 Å². The lowest BCUT2D eigenvalue weighted by Gasteiger charge is -2.29. The van der Waals surface area contributed by atoms with Crippen LogP contribution in [-0.2, 0) is 11.2 Å². The van der Waals surface area contributed by atoms with Crippen molar-refractivity contribution in [1.29, 1.82) is 0 Å². The molecular formula is C15H23NO. The van der Waals surface area contributed by atoms with Crippen LogP contribution in [0.25, 0.3) is 0 Å². The van der Waals surface area contributed by atoms with Crippen LogP contribution in [0.2, 0.25) is 0 Å². The predicted octanol–water partition coefficient (Wildman–Crippen LogP) is 2.93. The summed E-state index contributed by atoms with van der Waals surface area (Å²) in [4.78, 5) is 0. The lowest BCUT2D eigenvalue weighted by molar-refractivity contribution is -0.0287. The highest BCUT2D eigenvalue weighted by Gasteiger charge is 2.19. The van der Waals surface area contributed by atoms with E-state index >= 15 is 0 Å². The molecule has 2 nitrogen and oxygen atoms in total. The van der Waals surface area contributed by atoms with Gasteiger partial charge in [0.2, 0.25) is 0 Å². The molecule has 1 N–H and O–H groups in total. The summed E-state index contributed by atoms with van der Waals surface area (Å²) in [6.07, 6.45) is 1.68. The summed E-state index contributed by atoms with van der Waals surface area (Å²) in [6.45, 7) is 8.51. The van der Waals surface area contributed by atoms with Gasteiger partial charge < -0.3 is 10.1 Å². The molecule has 0 bridgehead atoms. The third kappa shape index (κ3) is 3.55. The summed E-state index contributed by atoms with van der Waals surface area (Å²) in [6, 6.07) is 8.89. The number of ether oxygens (including phenoxy) is 1. The Bertz CT molecular complexity index is 344. The molecule has 1 aliphatic rings. The highest BCUT2D eigenvalue weighted by Crippen LogP contribution is 2.22. The Morgan fingerprint density at radius 1 is 1.24 bits per heavy atom. The summed E-state index contributed by atoms with van der Waals surface area (Å²) in [5.74, 6) is 0.716. The lowest BCUT2D eigenvalue weighted by Crippen LogP contribution is -2.38. The average molecular weight is 233 g/mol. The first kappa shape index (κ1) is 12.6. The molecule has 1 saturated heterocycles. The second-order valence-corrected chi connectivity index (χ2v) is 5.43. The van der Waals surface area contributed by atoms with E-state index in [0.29, 0.717) is 12.0 Å². The maximum Gasteiger partial charge on any atom is 0.0953 e. The van der Waals surface area contributed by atoms with E-state index < -0.39 is 0 Å². The van der Waals surface area contributed by atoms with Crippen LogP contribution >= 0.6 is 0 Å². The van der Waals surface area contributed by atoms with E-state index in [2.05, 4.69) is 50.4 Å². The monoisotopic (exact) mass is 233 g/mol. The van der Waals surface area contributed by atoms with Gasteiger partial charge >= 0.3 is 0 Å². The van der Waals surface area contributed by atoms with Crippen molar-refractivity contribution in [2.24, 2.45) is 5.92 Å². The van der Waals surface area contributed by atoms with Gasteiger partial charge in [-0.05, 0) is 30.4 Å². The maximum atomic E-state index is 5.93. The largest absolute Gasteiger partial charge is 0.368 e. The molecule has 0 spiro atoms. The zero-order valence-corrected chi connectivity index (χ0v) is 11.1. The summed E-state index contributed by atoms with van der Waals surface area (Å²) in [7, 11) is 0. The van der Waals surface area contributed by atoms with Crippen molar-refractivity contribution in [3.05, 3.63) is 35.4 Å². The van der Waals surface area contributed by atoms with E-state index in [0.717, 1.165) is 19.5 Å². The molecule has 0 saturated carbocycles. The van der Waals surface area contributed by atoms with Crippen molar-refractivity contribution in [2.45, 2.75) is 39.4 Å². The minimum absolute atomic E-state index is 0.215. The fourth-order valence-electron chi connectivity index (χ4n) is 2.33. The number of nitrogens with one attached hydrogen (secondary N) is 1.